The van der Waals surface area contributed by atoms with Crippen LogP contribution in [0.25, 0.3) is 22.3 Å². The first-order chi connectivity index (χ1) is 9.15. The molecule has 3 aromatic rings. The summed E-state index contributed by atoms with van der Waals surface area (Å²) < 4.78 is 31.9. The standard InChI is InChI=1S/C15H8F2O2/c16-10-6-4-9(5-7-10)14-8-12(18)15-11(17)2-1-3-13(15)19-14/h1-8H. The van der Waals surface area contributed by atoms with Gasteiger partial charge in [0.1, 0.15) is 28.4 Å². The van der Waals surface area contributed by atoms with Crippen molar-refractivity contribution in [1.82, 2.24) is 0 Å². The largest absolute Gasteiger partial charge is 0.456 e. The molecule has 0 aliphatic heterocycles. The van der Waals surface area contributed by atoms with Crippen LogP contribution >= 0.6 is 0 Å². The zero-order chi connectivity index (χ0) is 13.4. The highest BCUT2D eigenvalue weighted by Crippen LogP contribution is 2.23. The van der Waals surface area contributed by atoms with E-state index in [4.69, 9.17) is 4.42 Å². The lowest BCUT2D eigenvalue weighted by atomic mass is 10.1. The first-order valence-electron chi connectivity index (χ1n) is 5.63. The highest BCUT2D eigenvalue weighted by atomic mass is 19.1. The quantitative estimate of drug-likeness (QED) is 0.665. The lowest BCUT2D eigenvalue weighted by Crippen LogP contribution is -2.02. The summed E-state index contributed by atoms with van der Waals surface area (Å²) in [5.74, 6) is -0.710. The highest BCUT2D eigenvalue weighted by molar-refractivity contribution is 5.79. The molecule has 1 aromatic heterocycles. The molecule has 0 fully saturated rings. The van der Waals surface area contributed by atoms with Crippen LogP contribution in [0, 0.1) is 11.6 Å². The van der Waals surface area contributed by atoms with Crippen LogP contribution < -0.4 is 5.43 Å². The number of rotatable bonds is 1. The third-order valence-corrected chi connectivity index (χ3v) is 2.83. The molecule has 2 aromatic carbocycles. The average Bonchev–Trinajstić information content (AvgIpc) is 2.39. The van der Waals surface area contributed by atoms with Crippen LogP contribution in [0.2, 0.25) is 0 Å². The van der Waals surface area contributed by atoms with Gasteiger partial charge in [0.25, 0.3) is 0 Å². The maximum Gasteiger partial charge on any atom is 0.196 e. The average molecular weight is 258 g/mol. The molecule has 0 saturated heterocycles. The minimum Gasteiger partial charge on any atom is -0.456 e. The molecule has 94 valence electrons. The lowest BCUT2D eigenvalue weighted by Gasteiger charge is -2.03. The zero-order valence-corrected chi connectivity index (χ0v) is 9.69. The molecule has 0 aliphatic rings. The van der Waals surface area contributed by atoms with Gasteiger partial charge in [0.15, 0.2) is 5.43 Å². The smallest absolute Gasteiger partial charge is 0.196 e. The van der Waals surface area contributed by atoms with Crippen LogP contribution in [-0.4, -0.2) is 0 Å². The topological polar surface area (TPSA) is 30.2 Å². The Morgan fingerprint density at radius 1 is 0.947 bits per heavy atom. The van der Waals surface area contributed by atoms with Gasteiger partial charge >= 0.3 is 0 Å². The summed E-state index contributed by atoms with van der Waals surface area (Å²) in [6.45, 7) is 0. The summed E-state index contributed by atoms with van der Waals surface area (Å²) in [4.78, 5) is 11.9. The summed E-state index contributed by atoms with van der Waals surface area (Å²) in [6, 6.07) is 10.9. The van der Waals surface area contributed by atoms with Crippen LogP contribution in [0.1, 0.15) is 0 Å². The van der Waals surface area contributed by atoms with Crippen LogP contribution in [0.15, 0.2) is 57.7 Å². The van der Waals surface area contributed by atoms with Crippen molar-refractivity contribution in [2.75, 3.05) is 0 Å². The number of hydrogen-bond donors (Lipinski definition) is 0. The Bertz CT molecular complexity index is 804. The molecule has 0 saturated carbocycles. The van der Waals surface area contributed by atoms with E-state index in [2.05, 4.69) is 0 Å². The van der Waals surface area contributed by atoms with E-state index in [1.807, 2.05) is 0 Å². The molecule has 0 spiro atoms. The van der Waals surface area contributed by atoms with Crippen molar-refractivity contribution in [3.8, 4) is 11.3 Å². The fraction of sp³-hybridized carbons (Fsp3) is 0. The molecule has 0 aliphatic carbocycles. The van der Waals surface area contributed by atoms with E-state index in [1.54, 1.807) is 0 Å². The minimum atomic E-state index is -0.614. The number of benzene rings is 2. The third-order valence-electron chi connectivity index (χ3n) is 2.83. The molecule has 19 heavy (non-hydrogen) atoms. The van der Waals surface area contributed by atoms with E-state index in [-0.39, 0.29) is 22.5 Å². The number of fused-ring (bicyclic) bond motifs is 1. The van der Waals surface area contributed by atoms with Crippen LogP contribution in [0.3, 0.4) is 0 Å². The molecule has 0 atom stereocenters. The van der Waals surface area contributed by atoms with Gasteiger partial charge in [0.05, 0.1) is 0 Å². The monoisotopic (exact) mass is 258 g/mol. The predicted molar refractivity (Wildman–Crippen MR) is 67.8 cm³/mol. The van der Waals surface area contributed by atoms with Gasteiger partial charge in [-0.25, -0.2) is 8.78 Å². The van der Waals surface area contributed by atoms with Gasteiger partial charge in [0.2, 0.25) is 0 Å². The van der Waals surface area contributed by atoms with E-state index < -0.39 is 11.2 Å². The van der Waals surface area contributed by atoms with Gasteiger partial charge in [-0.05, 0) is 36.4 Å². The van der Waals surface area contributed by atoms with Gasteiger partial charge in [-0.3, -0.25) is 4.79 Å². The first-order valence-corrected chi connectivity index (χ1v) is 5.63. The van der Waals surface area contributed by atoms with Crippen molar-refractivity contribution < 1.29 is 13.2 Å². The Kier molecular flexibility index (Phi) is 2.63. The second-order valence-electron chi connectivity index (χ2n) is 4.09. The fourth-order valence-electron chi connectivity index (χ4n) is 1.92. The summed E-state index contributed by atoms with van der Waals surface area (Å²) in [7, 11) is 0. The van der Waals surface area contributed by atoms with Crippen molar-refractivity contribution in [2.24, 2.45) is 0 Å². The van der Waals surface area contributed by atoms with Gasteiger partial charge in [0, 0.05) is 11.6 Å². The Balaban J connectivity index is 2.27. The van der Waals surface area contributed by atoms with E-state index in [0.717, 1.165) is 0 Å². The molecule has 3 rings (SSSR count). The Labute approximate surface area is 106 Å². The molecule has 1 heterocycles. The Morgan fingerprint density at radius 3 is 2.42 bits per heavy atom. The zero-order valence-electron chi connectivity index (χ0n) is 9.69. The van der Waals surface area contributed by atoms with E-state index in [9.17, 15) is 13.6 Å². The van der Waals surface area contributed by atoms with E-state index in [0.29, 0.717) is 5.56 Å². The van der Waals surface area contributed by atoms with E-state index in [1.165, 1.54) is 48.5 Å². The maximum atomic E-state index is 13.5. The van der Waals surface area contributed by atoms with Crippen molar-refractivity contribution in [3.05, 3.63) is 70.4 Å². The van der Waals surface area contributed by atoms with E-state index >= 15 is 0 Å². The maximum absolute atomic E-state index is 13.5. The molecular weight excluding hydrogens is 250 g/mol. The van der Waals surface area contributed by atoms with Crippen molar-refractivity contribution in [2.45, 2.75) is 0 Å². The summed E-state index contributed by atoms with van der Waals surface area (Å²) in [5, 5.41) is -0.0756. The van der Waals surface area contributed by atoms with Crippen molar-refractivity contribution in [3.63, 3.8) is 0 Å². The summed E-state index contributed by atoms with van der Waals surface area (Å²) >= 11 is 0. The second kappa shape index (κ2) is 4.31. The predicted octanol–water partition coefficient (Wildman–Crippen LogP) is 3.74. The highest BCUT2D eigenvalue weighted by Gasteiger charge is 2.10. The van der Waals surface area contributed by atoms with Crippen LogP contribution in [0.4, 0.5) is 8.78 Å². The van der Waals surface area contributed by atoms with Crippen LogP contribution in [0.5, 0.6) is 0 Å². The third kappa shape index (κ3) is 2.01. The molecule has 0 amide bonds. The van der Waals surface area contributed by atoms with Gasteiger partial charge in [-0.2, -0.15) is 0 Å². The molecule has 0 N–H and O–H groups in total. The first kappa shape index (κ1) is 11.6. The Hall–Kier alpha value is -2.49. The molecule has 0 bridgehead atoms. The molecule has 0 unspecified atom stereocenters. The van der Waals surface area contributed by atoms with Crippen molar-refractivity contribution >= 4 is 11.0 Å². The van der Waals surface area contributed by atoms with Gasteiger partial charge < -0.3 is 4.42 Å². The second-order valence-corrected chi connectivity index (χ2v) is 4.09. The number of halogens is 2. The lowest BCUT2D eigenvalue weighted by molar-refractivity contribution is 0.603. The van der Waals surface area contributed by atoms with Gasteiger partial charge in [-0.15, -0.1) is 0 Å². The normalized spacial score (nSPS) is 10.8. The molecular formula is C15H8F2O2. The molecule has 0 radical (unpaired) electrons. The number of hydrogen-bond acceptors (Lipinski definition) is 2. The summed E-state index contributed by atoms with van der Waals surface area (Å²) in [6.07, 6.45) is 0. The van der Waals surface area contributed by atoms with Crippen LogP contribution in [-0.2, 0) is 0 Å². The van der Waals surface area contributed by atoms with Crippen molar-refractivity contribution in [1.29, 1.82) is 0 Å². The summed E-state index contributed by atoms with van der Waals surface area (Å²) in [5.41, 5.74) is 0.273. The molecule has 2 nitrogen and oxygen atoms in total. The Morgan fingerprint density at radius 2 is 1.68 bits per heavy atom. The van der Waals surface area contributed by atoms with Gasteiger partial charge in [-0.1, -0.05) is 6.07 Å². The minimum absolute atomic E-state index is 0.0756. The fourth-order valence-corrected chi connectivity index (χ4v) is 1.92. The molecule has 4 heteroatoms. The SMILES string of the molecule is O=c1cc(-c2ccc(F)cc2)oc2cccc(F)c12.